The van der Waals surface area contributed by atoms with Crippen molar-refractivity contribution in [3.05, 3.63) is 65.2 Å². The summed E-state index contributed by atoms with van der Waals surface area (Å²) in [6, 6.07) is 9.70. The first-order valence-electron chi connectivity index (χ1n) is 6.61. The number of aromatic carboxylic acids is 1. The first-order chi connectivity index (χ1) is 11.1. The van der Waals surface area contributed by atoms with Gasteiger partial charge in [0.2, 0.25) is 0 Å². The predicted octanol–water partition coefficient (Wildman–Crippen LogP) is 2.59. The number of hydrogen-bond acceptors (Lipinski definition) is 5. The molecule has 0 unspecified atom stereocenters. The van der Waals surface area contributed by atoms with Gasteiger partial charge >= 0.3 is 5.97 Å². The maximum Gasteiger partial charge on any atom is 0.340 e. The van der Waals surface area contributed by atoms with E-state index >= 15 is 0 Å². The highest BCUT2D eigenvalue weighted by molar-refractivity contribution is 6.32. The number of carbonyl (C=O) groups is 1. The molecule has 2 aromatic heterocycles. The van der Waals surface area contributed by atoms with E-state index in [1.54, 1.807) is 0 Å². The van der Waals surface area contributed by atoms with E-state index in [2.05, 4.69) is 15.1 Å². The van der Waals surface area contributed by atoms with Gasteiger partial charge in [0.15, 0.2) is 10.9 Å². The highest BCUT2D eigenvalue weighted by Crippen LogP contribution is 2.16. The first kappa shape index (κ1) is 15.0. The average molecular weight is 331 g/mol. The Kier molecular flexibility index (Phi) is 4.20. The second kappa shape index (κ2) is 6.45. The Labute approximate surface area is 136 Å². The molecule has 0 saturated carbocycles. The third-order valence-electron chi connectivity index (χ3n) is 2.97. The zero-order chi connectivity index (χ0) is 16.2. The minimum atomic E-state index is -1.16. The molecule has 23 heavy (non-hydrogen) atoms. The number of rotatable bonds is 5. The largest absolute Gasteiger partial charge is 0.486 e. The monoisotopic (exact) mass is 330 g/mol. The van der Waals surface area contributed by atoms with Crippen LogP contribution >= 0.6 is 11.6 Å². The molecule has 0 fully saturated rings. The van der Waals surface area contributed by atoms with Crippen molar-refractivity contribution >= 4 is 17.6 Å². The molecule has 1 aromatic carbocycles. The second-order valence-corrected chi connectivity index (χ2v) is 4.93. The van der Waals surface area contributed by atoms with E-state index in [0.717, 1.165) is 5.56 Å². The van der Waals surface area contributed by atoms with Gasteiger partial charge in [0.05, 0.1) is 18.6 Å². The first-order valence-corrected chi connectivity index (χ1v) is 6.99. The lowest BCUT2D eigenvalue weighted by molar-refractivity contribution is 0.0697. The van der Waals surface area contributed by atoms with Crippen LogP contribution in [0, 0.1) is 0 Å². The molecule has 116 valence electrons. The van der Waals surface area contributed by atoms with Gasteiger partial charge in [0.1, 0.15) is 12.2 Å². The van der Waals surface area contributed by atoms with E-state index in [0.29, 0.717) is 12.4 Å². The van der Waals surface area contributed by atoms with Crippen LogP contribution < -0.4 is 4.74 Å². The number of aromatic nitrogens is 4. The van der Waals surface area contributed by atoms with E-state index in [1.165, 1.54) is 23.3 Å². The van der Waals surface area contributed by atoms with Crippen molar-refractivity contribution in [2.24, 2.45) is 0 Å². The summed E-state index contributed by atoms with van der Waals surface area (Å²) in [5.74, 6) is -0.468. The van der Waals surface area contributed by atoms with Gasteiger partial charge in [-0.3, -0.25) is 0 Å². The fourth-order valence-corrected chi connectivity index (χ4v) is 2.05. The van der Waals surface area contributed by atoms with Gasteiger partial charge in [0.25, 0.3) is 5.95 Å². The second-order valence-electron chi connectivity index (χ2n) is 4.58. The predicted molar refractivity (Wildman–Crippen MR) is 81.9 cm³/mol. The molecule has 3 aromatic rings. The molecule has 1 N–H and O–H groups in total. The van der Waals surface area contributed by atoms with Crippen LogP contribution in [-0.4, -0.2) is 30.8 Å². The summed E-state index contributed by atoms with van der Waals surface area (Å²) >= 11 is 5.75. The number of carboxylic acids is 1. The number of halogens is 1. The molecule has 0 aliphatic heterocycles. The van der Waals surface area contributed by atoms with Gasteiger partial charge in [-0.05, 0) is 5.56 Å². The quantitative estimate of drug-likeness (QED) is 0.773. The lowest BCUT2D eigenvalue weighted by atomic mass is 10.2. The molecular formula is C15H11ClN4O3. The Bertz CT molecular complexity index is 818. The lowest BCUT2D eigenvalue weighted by Crippen LogP contribution is -2.03. The third kappa shape index (κ3) is 3.46. The SMILES string of the molecule is O=C(O)c1cn(-c2ncc(OCc3ccccc3)cn2)nc1Cl. The Morgan fingerprint density at radius 1 is 1.22 bits per heavy atom. The normalized spacial score (nSPS) is 10.5. The average Bonchev–Trinajstić information content (AvgIpc) is 2.96. The number of benzene rings is 1. The van der Waals surface area contributed by atoms with Crippen LogP contribution in [-0.2, 0) is 6.61 Å². The van der Waals surface area contributed by atoms with Crippen molar-refractivity contribution in [3.63, 3.8) is 0 Å². The maximum absolute atomic E-state index is 10.9. The van der Waals surface area contributed by atoms with E-state index in [9.17, 15) is 4.79 Å². The molecule has 0 spiro atoms. The fourth-order valence-electron chi connectivity index (χ4n) is 1.84. The van der Waals surface area contributed by atoms with Gasteiger partial charge in [-0.1, -0.05) is 41.9 Å². The molecule has 7 nitrogen and oxygen atoms in total. The molecule has 0 amide bonds. The third-order valence-corrected chi connectivity index (χ3v) is 3.25. The summed E-state index contributed by atoms with van der Waals surface area (Å²) in [6.07, 6.45) is 4.23. The van der Waals surface area contributed by atoms with Crippen LogP contribution in [0.1, 0.15) is 15.9 Å². The molecule has 0 radical (unpaired) electrons. The van der Waals surface area contributed by atoms with Crippen LogP contribution in [0.4, 0.5) is 0 Å². The summed E-state index contributed by atoms with van der Waals surface area (Å²) in [7, 11) is 0. The molecule has 0 aliphatic rings. The summed E-state index contributed by atoms with van der Waals surface area (Å²) < 4.78 is 6.78. The van der Waals surface area contributed by atoms with Gasteiger partial charge in [0, 0.05) is 0 Å². The smallest absolute Gasteiger partial charge is 0.340 e. The van der Waals surface area contributed by atoms with E-state index in [1.807, 2.05) is 30.3 Å². The summed E-state index contributed by atoms with van der Waals surface area (Å²) in [5, 5.41) is 12.7. The highest BCUT2D eigenvalue weighted by Gasteiger charge is 2.15. The van der Waals surface area contributed by atoms with Crippen molar-refractivity contribution < 1.29 is 14.6 Å². The van der Waals surface area contributed by atoms with E-state index < -0.39 is 5.97 Å². The van der Waals surface area contributed by atoms with Crippen molar-refractivity contribution in [1.29, 1.82) is 0 Å². The van der Waals surface area contributed by atoms with Crippen LogP contribution in [0.5, 0.6) is 5.75 Å². The van der Waals surface area contributed by atoms with Gasteiger partial charge in [-0.25, -0.2) is 19.4 Å². The van der Waals surface area contributed by atoms with Crippen LogP contribution in [0.25, 0.3) is 5.95 Å². The zero-order valence-corrected chi connectivity index (χ0v) is 12.5. The Morgan fingerprint density at radius 2 is 1.91 bits per heavy atom. The molecule has 0 atom stereocenters. The van der Waals surface area contributed by atoms with E-state index in [-0.39, 0.29) is 16.7 Å². The Morgan fingerprint density at radius 3 is 2.52 bits per heavy atom. The minimum absolute atomic E-state index is 0.111. The fraction of sp³-hybridized carbons (Fsp3) is 0.0667. The van der Waals surface area contributed by atoms with Crippen LogP contribution in [0.15, 0.2) is 48.9 Å². The van der Waals surface area contributed by atoms with Crippen molar-refractivity contribution in [2.75, 3.05) is 0 Å². The molecule has 2 heterocycles. The van der Waals surface area contributed by atoms with Gasteiger partial charge in [-0.15, -0.1) is 0 Å². The molecule has 8 heteroatoms. The summed E-state index contributed by atoms with van der Waals surface area (Å²) in [6.45, 7) is 0.403. The van der Waals surface area contributed by atoms with Gasteiger partial charge < -0.3 is 9.84 Å². The number of ether oxygens (including phenoxy) is 1. The highest BCUT2D eigenvalue weighted by atomic mass is 35.5. The summed E-state index contributed by atoms with van der Waals surface area (Å²) in [5.41, 5.74) is 0.918. The summed E-state index contributed by atoms with van der Waals surface area (Å²) in [4.78, 5) is 19.1. The van der Waals surface area contributed by atoms with Crippen molar-refractivity contribution in [1.82, 2.24) is 19.7 Å². The topological polar surface area (TPSA) is 90.1 Å². The number of carboxylic acid groups (broad SMARTS) is 1. The maximum atomic E-state index is 10.9. The number of hydrogen-bond donors (Lipinski definition) is 1. The van der Waals surface area contributed by atoms with Crippen molar-refractivity contribution in [3.8, 4) is 11.7 Å². The zero-order valence-electron chi connectivity index (χ0n) is 11.8. The van der Waals surface area contributed by atoms with Crippen molar-refractivity contribution in [2.45, 2.75) is 6.61 Å². The van der Waals surface area contributed by atoms with Gasteiger partial charge in [-0.2, -0.15) is 5.10 Å². The molecular weight excluding hydrogens is 320 g/mol. The Hall–Kier alpha value is -2.93. The Balaban J connectivity index is 1.72. The molecule has 0 saturated heterocycles. The lowest BCUT2D eigenvalue weighted by Gasteiger charge is -2.06. The molecule has 0 aliphatic carbocycles. The molecule has 0 bridgehead atoms. The number of nitrogens with zero attached hydrogens (tertiary/aromatic N) is 4. The van der Waals surface area contributed by atoms with E-state index in [4.69, 9.17) is 21.4 Å². The standard InChI is InChI=1S/C15H11ClN4O3/c16-13-12(14(21)22)8-20(19-13)15-17-6-11(7-18-15)23-9-10-4-2-1-3-5-10/h1-8H,9H2,(H,21,22). The van der Waals surface area contributed by atoms with Crippen LogP contribution in [0.2, 0.25) is 5.15 Å². The minimum Gasteiger partial charge on any atom is -0.486 e. The molecule has 3 rings (SSSR count). The van der Waals surface area contributed by atoms with Crippen LogP contribution in [0.3, 0.4) is 0 Å².